The zero-order valence-corrected chi connectivity index (χ0v) is 12.6. The van der Waals surface area contributed by atoms with E-state index in [1.165, 1.54) is 12.4 Å². The first-order chi connectivity index (χ1) is 12.0. The van der Waals surface area contributed by atoms with Gasteiger partial charge < -0.3 is 15.6 Å². The van der Waals surface area contributed by atoms with Gasteiger partial charge in [0.15, 0.2) is 17.5 Å². The topological polar surface area (TPSA) is 86.9 Å². The van der Waals surface area contributed by atoms with Gasteiger partial charge in [-0.2, -0.15) is 0 Å². The fourth-order valence-corrected chi connectivity index (χ4v) is 2.16. The fourth-order valence-electron chi connectivity index (χ4n) is 2.16. The lowest BCUT2D eigenvalue weighted by Gasteiger charge is -2.08. The van der Waals surface area contributed by atoms with Crippen LogP contribution in [0.3, 0.4) is 0 Å². The van der Waals surface area contributed by atoms with Gasteiger partial charge in [-0.15, -0.1) is 0 Å². The Hall–Kier alpha value is -3.36. The molecule has 1 heterocycles. The van der Waals surface area contributed by atoms with Crippen LogP contribution < -0.4 is 10.6 Å². The molecule has 128 valence electrons. The first kappa shape index (κ1) is 16.5. The van der Waals surface area contributed by atoms with Gasteiger partial charge in [0.25, 0.3) is 5.91 Å². The molecule has 0 spiro atoms. The first-order valence-corrected chi connectivity index (χ1v) is 7.10. The van der Waals surface area contributed by atoms with Crippen LogP contribution in [-0.2, 0) is 4.79 Å². The lowest BCUT2D eigenvalue weighted by Crippen LogP contribution is -2.33. The van der Waals surface area contributed by atoms with Crippen molar-refractivity contribution < 1.29 is 22.8 Å². The molecule has 2 amide bonds. The lowest BCUT2D eigenvalue weighted by atomic mass is 10.2. The van der Waals surface area contributed by atoms with Crippen molar-refractivity contribution in [3.05, 3.63) is 59.7 Å². The van der Waals surface area contributed by atoms with Gasteiger partial charge in [-0.3, -0.25) is 9.59 Å². The number of anilines is 1. The van der Waals surface area contributed by atoms with Crippen LogP contribution >= 0.6 is 0 Å². The summed E-state index contributed by atoms with van der Waals surface area (Å²) < 4.78 is 39.4. The second-order valence-corrected chi connectivity index (χ2v) is 5.09. The predicted octanol–water partition coefficient (Wildman–Crippen LogP) is 2.35. The van der Waals surface area contributed by atoms with Crippen molar-refractivity contribution >= 4 is 28.5 Å². The summed E-state index contributed by atoms with van der Waals surface area (Å²) in [4.78, 5) is 30.6. The van der Waals surface area contributed by atoms with E-state index < -0.39 is 41.5 Å². The zero-order chi connectivity index (χ0) is 18.0. The third-order valence-electron chi connectivity index (χ3n) is 3.40. The average molecular weight is 348 g/mol. The number of nitrogens with one attached hydrogen (secondary N) is 3. The van der Waals surface area contributed by atoms with E-state index in [9.17, 15) is 22.8 Å². The molecule has 0 aliphatic rings. The second-order valence-electron chi connectivity index (χ2n) is 5.09. The third-order valence-corrected chi connectivity index (χ3v) is 3.40. The molecule has 0 aliphatic heterocycles. The number of hydrogen-bond acceptors (Lipinski definition) is 3. The van der Waals surface area contributed by atoms with Gasteiger partial charge in [0, 0.05) is 5.56 Å². The minimum atomic E-state index is -1.69. The van der Waals surface area contributed by atoms with Crippen LogP contribution in [0.2, 0.25) is 0 Å². The molecular weight excluding hydrogens is 337 g/mol. The number of aromatic nitrogens is 2. The van der Waals surface area contributed by atoms with E-state index in [1.54, 1.807) is 12.1 Å². The monoisotopic (exact) mass is 348 g/mol. The van der Waals surface area contributed by atoms with E-state index in [0.29, 0.717) is 22.7 Å². The molecule has 0 bridgehead atoms. The van der Waals surface area contributed by atoms with E-state index >= 15 is 0 Å². The number of imidazole rings is 1. The molecule has 25 heavy (non-hydrogen) atoms. The second kappa shape index (κ2) is 6.63. The maximum atomic E-state index is 13.5. The van der Waals surface area contributed by atoms with Crippen molar-refractivity contribution in [2.24, 2.45) is 0 Å². The van der Waals surface area contributed by atoms with Gasteiger partial charge in [0.05, 0.1) is 29.6 Å². The molecule has 3 aromatic rings. The highest BCUT2D eigenvalue weighted by Gasteiger charge is 2.16. The van der Waals surface area contributed by atoms with Crippen LogP contribution in [0.25, 0.3) is 11.0 Å². The molecule has 9 heteroatoms. The van der Waals surface area contributed by atoms with Gasteiger partial charge in [-0.25, -0.2) is 18.2 Å². The van der Waals surface area contributed by atoms with Crippen LogP contribution in [0.4, 0.5) is 18.9 Å². The predicted molar refractivity (Wildman–Crippen MR) is 83.4 cm³/mol. The number of carbonyl (C=O) groups excluding carboxylic acids is 2. The zero-order valence-electron chi connectivity index (χ0n) is 12.6. The molecular formula is C16H11F3N4O2. The fraction of sp³-hybridized carbons (Fsp3) is 0.0625. The number of nitrogens with zero attached hydrogens (tertiary/aromatic N) is 1. The Morgan fingerprint density at radius 3 is 2.68 bits per heavy atom. The maximum absolute atomic E-state index is 13.5. The number of amides is 2. The Balaban J connectivity index is 1.62. The summed E-state index contributed by atoms with van der Waals surface area (Å²) in [6.45, 7) is -0.474. The lowest BCUT2D eigenvalue weighted by molar-refractivity contribution is -0.115. The quantitative estimate of drug-likeness (QED) is 0.633. The largest absolute Gasteiger partial charge is 0.345 e. The summed E-state index contributed by atoms with van der Waals surface area (Å²) in [6.07, 6.45) is 1.48. The van der Waals surface area contributed by atoms with Crippen LogP contribution in [0, 0.1) is 17.5 Å². The smallest absolute Gasteiger partial charge is 0.251 e. The molecule has 2 aromatic carbocycles. The number of H-pyrrole nitrogens is 1. The highest BCUT2D eigenvalue weighted by molar-refractivity contribution is 6.00. The average Bonchev–Trinajstić information content (AvgIpc) is 3.08. The highest BCUT2D eigenvalue weighted by atomic mass is 19.2. The van der Waals surface area contributed by atoms with Crippen LogP contribution in [0.15, 0.2) is 36.7 Å². The van der Waals surface area contributed by atoms with Gasteiger partial charge >= 0.3 is 0 Å². The third kappa shape index (κ3) is 3.44. The van der Waals surface area contributed by atoms with Crippen molar-refractivity contribution in [3.63, 3.8) is 0 Å². The van der Waals surface area contributed by atoms with E-state index in [1.807, 2.05) is 0 Å². The Bertz CT molecular complexity index is 971. The van der Waals surface area contributed by atoms with Crippen molar-refractivity contribution in [1.82, 2.24) is 15.3 Å². The maximum Gasteiger partial charge on any atom is 0.251 e. The number of rotatable bonds is 4. The summed E-state index contributed by atoms with van der Waals surface area (Å²) in [5.41, 5.74) is 1.12. The number of hydrogen-bond donors (Lipinski definition) is 3. The van der Waals surface area contributed by atoms with E-state index in [4.69, 9.17) is 0 Å². The minimum absolute atomic E-state index is 0.295. The van der Waals surface area contributed by atoms with Gasteiger partial charge in [-0.05, 0) is 30.3 Å². The van der Waals surface area contributed by atoms with Crippen molar-refractivity contribution in [1.29, 1.82) is 0 Å². The molecule has 0 saturated carbocycles. The van der Waals surface area contributed by atoms with Gasteiger partial charge in [0.1, 0.15) is 0 Å². The molecule has 3 rings (SSSR count). The minimum Gasteiger partial charge on any atom is -0.345 e. The molecule has 1 aromatic heterocycles. The van der Waals surface area contributed by atoms with E-state index in [0.717, 1.165) is 6.07 Å². The molecule has 3 N–H and O–H groups in total. The molecule has 0 aliphatic carbocycles. The molecule has 0 saturated heterocycles. The van der Waals surface area contributed by atoms with Crippen LogP contribution in [0.1, 0.15) is 10.4 Å². The van der Waals surface area contributed by atoms with Crippen LogP contribution in [0.5, 0.6) is 0 Å². The number of carbonyl (C=O) groups is 2. The number of benzene rings is 2. The van der Waals surface area contributed by atoms with Crippen LogP contribution in [-0.4, -0.2) is 28.3 Å². The number of fused-ring (bicyclic) bond motifs is 1. The Morgan fingerprint density at radius 1 is 1.08 bits per heavy atom. The standard InChI is InChI=1S/C16H11F3N4O2/c17-9-2-4-11(15(19)14(9)18)23-13(24)6-20-16(25)8-1-3-10-12(5-8)22-7-21-10/h1-5,7H,6H2,(H,20,25)(H,21,22)(H,23,24). The SMILES string of the molecule is O=C(CNC(=O)c1ccc2nc[nH]c2c1)Nc1ccc(F)c(F)c1F. The summed E-state index contributed by atoms with van der Waals surface area (Å²) >= 11 is 0. The van der Waals surface area contributed by atoms with Gasteiger partial charge in [-0.1, -0.05) is 0 Å². The van der Waals surface area contributed by atoms with E-state index in [2.05, 4.69) is 20.6 Å². The number of aromatic amines is 1. The first-order valence-electron chi connectivity index (χ1n) is 7.10. The summed E-state index contributed by atoms with van der Waals surface area (Å²) in [6, 6.07) is 6.30. The summed E-state index contributed by atoms with van der Waals surface area (Å²) in [5, 5.41) is 4.40. The number of halogens is 3. The Morgan fingerprint density at radius 2 is 1.88 bits per heavy atom. The molecule has 0 radical (unpaired) electrons. The summed E-state index contributed by atoms with van der Waals surface area (Å²) in [5.74, 6) is -5.88. The normalized spacial score (nSPS) is 10.7. The summed E-state index contributed by atoms with van der Waals surface area (Å²) in [7, 11) is 0. The Labute approximate surface area is 139 Å². The van der Waals surface area contributed by atoms with Crippen molar-refractivity contribution in [2.45, 2.75) is 0 Å². The van der Waals surface area contributed by atoms with Crippen molar-refractivity contribution in [2.75, 3.05) is 11.9 Å². The van der Waals surface area contributed by atoms with Gasteiger partial charge in [0.2, 0.25) is 5.91 Å². The molecule has 0 fully saturated rings. The van der Waals surface area contributed by atoms with E-state index in [-0.39, 0.29) is 0 Å². The van der Waals surface area contributed by atoms with Crippen molar-refractivity contribution in [3.8, 4) is 0 Å². The molecule has 6 nitrogen and oxygen atoms in total. The Kier molecular flexibility index (Phi) is 4.38. The molecule has 0 unspecified atom stereocenters. The molecule has 0 atom stereocenters. The highest BCUT2D eigenvalue weighted by Crippen LogP contribution is 2.19.